The maximum atomic E-state index is 11.4. The predicted octanol–water partition coefficient (Wildman–Crippen LogP) is 0.980. The van der Waals surface area contributed by atoms with Crippen molar-refractivity contribution in [1.29, 1.82) is 0 Å². The molecule has 0 radical (unpaired) electrons. The van der Waals surface area contributed by atoms with Gasteiger partial charge in [-0.15, -0.1) is 12.6 Å². The maximum absolute atomic E-state index is 11.4. The van der Waals surface area contributed by atoms with E-state index in [0.717, 1.165) is 19.6 Å². The van der Waals surface area contributed by atoms with Gasteiger partial charge in [0.1, 0.15) is 0 Å². The van der Waals surface area contributed by atoms with Gasteiger partial charge in [0.05, 0.1) is 0 Å². The molecule has 1 atom stereocenters. The molecular weight excluding hydrogens is 291 g/mol. The second-order valence-corrected chi connectivity index (χ2v) is 6.48. The van der Waals surface area contributed by atoms with Crippen LogP contribution >= 0.6 is 24.4 Å². The van der Waals surface area contributed by atoms with Crippen LogP contribution in [-0.4, -0.2) is 10.5 Å². The molecular formula is C13H13NaOS3. The van der Waals surface area contributed by atoms with Crippen LogP contribution in [0.5, 0.6) is 0 Å². The molecule has 1 nitrogen and oxygen atoms in total. The molecule has 18 heavy (non-hydrogen) atoms. The first-order chi connectivity index (χ1) is 8.16. The quantitative estimate of drug-likeness (QED) is 0.673. The molecule has 0 aromatic heterocycles. The molecule has 0 saturated heterocycles. The zero-order chi connectivity index (χ0) is 12.3. The van der Waals surface area contributed by atoms with Crippen LogP contribution in [0.1, 0.15) is 1.43 Å². The molecule has 0 bridgehead atoms. The Hall–Kier alpha value is 0.290. The molecule has 0 saturated carbocycles. The summed E-state index contributed by atoms with van der Waals surface area (Å²) in [6.45, 7) is 0. The van der Waals surface area contributed by atoms with E-state index in [1.807, 2.05) is 48.5 Å². The van der Waals surface area contributed by atoms with Gasteiger partial charge >= 0.3 is 29.6 Å². The second kappa shape index (κ2) is 7.78. The van der Waals surface area contributed by atoms with Gasteiger partial charge in [0.15, 0.2) is 0 Å². The Morgan fingerprint density at radius 2 is 1.83 bits per heavy atom. The van der Waals surface area contributed by atoms with Gasteiger partial charge in [0.2, 0.25) is 0 Å². The summed E-state index contributed by atoms with van der Waals surface area (Å²) in [5.74, 6) is 0. The number of rotatable bonds is 3. The molecule has 0 aliphatic heterocycles. The van der Waals surface area contributed by atoms with Crippen LogP contribution in [0.15, 0.2) is 68.1 Å². The first kappa shape index (κ1) is 16.3. The summed E-state index contributed by atoms with van der Waals surface area (Å²) in [5.41, 5.74) is 0. The third kappa shape index (κ3) is 4.44. The minimum absolute atomic E-state index is 0. The van der Waals surface area contributed by atoms with Crippen LogP contribution in [0.3, 0.4) is 0 Å². The van der Waals surface area contributed by atoms with Crippen LogP contribution in [-0.2, 0) is 10.8 Å². The van der Waals surface area contributed by atoms with Gasteiger partial charge in [0.25, 0.3) is 0 Å². The molecule has 0 amide bonds. The van der Waals surface area contributed by atoms with Crippen LogP contribution in [0, 0.1) is 0 Å². The fourth-order valence-electron chi connectivity index (χ4n) is 1.37. The summed E-state index contributed by atoms with van der Waals surface area (Å²) in [7, 11) is -0.953. The van der Waals surface area contributed by atoms with E-state index in [0.29, 0.717) is 0 Å². The maximum Gasteiger partial charge on any atom is 1.00 e. The topological polar surface area (TPSA) is 17.1 Å². The van der Waals surface area contributed by atoms with E-state index in [4.69, 9.17) is 0 Å². The molecule has 0 fully saturated rings. The molecule has 2 aromatic carbocycles. The van der Waals surface area contributed by atoms with E-state index < -0.39 is 10.8 Å². The Balaban J connectivity index is 0.00000162. The zero-order valence-electron chi connectivity index (χ0n) is 11.3. The molecule has 2 aromatic rings. The van der Waals surface area contributed by atoms with Crippen molar-refractivity contribution >= 4 is 35.2 Å². The summed E-state index contributed by atoms with van der Waals surface area (Å²) in [4.78, 5) is 3.93. The van der Waals surface area contributed by atoms with Crippen molar-refractivity contribution in [2.45, 2.75) is 19.6 Å². The molecule has 0 aliphatic rings. The second-order valence-electron chi connectivity index (χ2n) is 3.50. The molecule has 0 aliphatic carbocycles. The van der Waals surface area contributed by atoms with Crippen molar-refractivity contribution in [3.05, 3.63) is 48.5 Å². The normalized spacial score (nSPS) is 11.7. The fraction of sp³-hybridized carbons (Fsp3) is 0.0769. The van der Waals surface area contributed by atoms with Crippen LogP contribution in [0.25, 0.3) is 0 Å². The van der Waals surface area contributed by atoms with Gasteiger partial charge < -0.3 is 1.43 Å². The van der Waals surface area contributed by atoms with Gasteiger partial charge in [-0.2, -0.15) is 0 Å². The fourth-order valence-corrected chi connectivity index (χ4v) is 3.17. The standard InChI is InChI=1S/C13H12OS3.Na.H/c1-17(14)11-7-8-12(15)13(9-11)16-10-5-3-2-4-6-10;;/h2-9,15H,1H3;;/q;+1;-1. The summed E-state index contributed by atoms with van der Waals surface area (Å²) in [6, 6.07) is 15.8. The van der Waals surface area contributed by atoms with E-state index in [2.05, 4.69) is 12.6 Å². The molecule has 90 valence electrons. The number of benzene rings is 2. The Bertz CT molecular complexity index is 549. The monoisotopic (exact) mass is 304 g/mol. The van der Waals surface area contributed by atoms with Crippen LogP contribution in [0.2, 0.25) is 0 Å². The van der Waals surface area contributed by atoms with Gasteiger partial charge in [-0.25, -0.2) is 0 Å². The minimum Gasteiger partial charge on any atom is -1.00 e. The third-order valence-electron chi connectivity index (χ3n) is 2.23. The van der Waals surface area contributed by atoms with Crippen molar-refractivity contribution in [2.75, 3.05) is 6.26 Å². The Morgan fingerprint density at radius 1 is 1.17 bits per heavy atom. The van der Waals surface area contributed by atoms with Gasteiger partial charge in [-0.3, -0.25) is 4.21 Å². The van der Waals surface area contributed by atoms with E-state index in [1.54, 1.807) is 18.0 Å². The predicted molar refractivity (Wildman–Crippen MR) is 77.7 cm³/mol. The molecule has 0 heterocycles. The first-order valence-electron chi connectivity index (χ1n) is 5.06. The van der Waals surface area contributed by atoms with Gasteiger partial charge in [-0.05, 0) is 30.3 Å². The van der Waals surface area contributed by atoms with Crippen molar-refractivity contribution in [3.8, 4) is 0 Å². The Labute approximate surface area is 143 Å². The third-order valence-corrected chi connectivity index (χ3v) is 4.76. The SMILES string of the molecule is CS(=O)c1ccc(S)c(Sc2ccccc2)c1.[H-].[Na+]. The van der Waals surface area contributed by atoms with Crippen LogP contribution in [0.4, 0.5) is 0 Å². The Morgan fingerprint density at radius 3 is 2.44 bits per heavy atom. The average Bonchev–Trinajstić information content (AvgIpc) is 2.33. The van der Waals surface area contributed by atoms with E-state index in [-0.39, 0.29) is 31.0 Å². The van der Waals surface area contributed by atoms with Crippen molar-refractivity contribution in [3.63, 3.8) is 0 Å². The molecule has 0 N–H and O–H groups in total. The molecule has 1 unspecified atom stereocenters. The number of thiol groups is 1. The van der Waals surface area contributed by atoms with Gasteiger partial charge in [-0.1, -0.05) is 30.0 Å². The molecule has 0 spiro atoms. The van der Waals surface area contributed by atoms with Crippen molar-refractivity contribution in [1.82, 2.24) is 0 Å². The summed E-state index contributed by atoms with van der Waals surface area (Å²) < 4.78 is 11.4. The van der Waals surface area contributed by atoms with E-state index in [9.17, 15) is 4.21 Å². The van der Waals surface area contributed by atoms with Crippen molar-refractivity contribution < 1.29 is 35.2 Å². The minimum atomic E-state index is -0.953. The summed E-state index contributed by atoms with van der Waals surface area (Å²) in [5, 5.41) is 0. The summed E-state index contributed by atoms with van der Waals surface area (Å²) >= 11 is 6.06. The number of hydrogen-bond donors (Lipinski definition) is 1. The van der Waals surface area contributed by atoms with E-state index in [1.165, 1.54) is 0 Å². The average molecular weight is 304 g/mol. The number of hydrogen-bond acceptors (Lipinski definition) is 3. The molecule has 2 rings (SSSR count). The van der Waals surface area contributed by atoms with Crippen LogP contribution < -0.4 is 29.6 Å². The smallest absolute Gasteiger partial charge is 1.00 e. The zero-order valence-corrected chi connectivity index (χ0v) is 14.8. The Kier molecular flexibility index (Phi) is 7.06. The van der Waals surface area contributed by atoms with E-state index >= 15 is 0 Å². The van der Waals surface area contributed by atoms with Gasteiger partial charge in [0, 0.05) is 36.6 Å². The first-order valence-corrected chi connectivity index (χ1v) is 7.88. The van der Waals surface area contributed by atoms with Crippen molar-refractivity contribution in [2.24, 2.45) is 0 Å². The molecule has 5 heteroatoms. The largest absolute Gasteiger partial charge is 1.00 e. The summed E-state index contributed by atoms with van der Waals surface area (Å²) in [6.07, 6.45) is 1.69.